The van der Waals surface area contributed by atoms with Crippen LogP contribution in [0.25, 0.3) is 22.1 Å². The number of fused-ring (bicyclic) bond motifs is 3. The zero-order chi connectivity index (χ0) is 21.5. The van der Waals surface area contributed by atoms with E-state index in [0.717, 1.165) is 27.7 Å². The molecule has 0 N–H and O–H groups in total. The highest BCUT2D eigenvalue weighted by atomic mass is 32.1. The van der Waals surface area contributed by atoms with Crippen molar-refractivity contribution in [3.05, 3.63) is 104 Å². The molecule has 2 heterocycles. The van der Waals surface area contributed by atoms with Gasteiger partial charge >= 0.3 is 0 Å². The molecule has 154 valence electrons. The number of halogens is 1. The molecule has 0 aliphatic rings. The van der Waals surface area contributed by atoms with Crippen LogP contribution in [0.4, 0.5) is 4.39 Å². The summed E-state index contributed by atoms with van der Waals surface area (Å²) >= 11 is 1.38. The fourth-order valence-electron chi connectivity index (χ4n) is 3.55. The number of imidazole rings is 1. The Bertz CT molecular complexity index is 1530. The topological polar surface area (TPSA) is 43.6 Å². The van der Waals surface area contributed by atoms with Gasteiger partial charge in [-0.2, -0.15) is 0 Å². The van der Waals surface area contributed by atoms with Gasteiger partial charge in [0, 0.05) is 5.56 Å². The smallest absolute Gasteiger partial charge is 0.274 e. The summed E-state index contributed by atoms with van der Waals surface area (Å²) in [5, 5.41) is 0. The minimum absolute atomic E-state index is 0.0642. The Kier molecular flexibility index (Phi) is 4.79. The maximum Gasteiger partial charge on any atom is 0.274 e. The van der Waals surface area contributed by atoms with Crippen molar-refractivity contribution in [2.24, 2.45) is 0 Å². The maximum atomic E-state index is 13.7. The summed E-state index contributed by atoms with van der Waals surface area (Å²) in [5.41, 5.74) is 5.32. The van der Waals surface area contributed by atoms with Crippen molar-refractivity contribution in [3.63, 3.8) is 0 Å². The number of hydrogen-bond donors (Lipinski definition) is 0. The molecule has 0 aliphatic heterocycles. The van der Waals surface area contributed by atoms with E-state index in [2.05, 4.69) is 4.98 Å². The van der Waals surface area contributed by atoms with Crippen molar-refractivity contribution in [3.8, 4) is 5.75 Å². The minimum atomic E-state index is -0.281. The van der Waals surface area contributed by atoms with Gasteiger partial charge in [-0.1, -0.05) is 47.7 Å². The molecule has 0 fully saturated rings. The molecule has 31 heavy (non-hydrogen) atoms. The predicted molar refractivity (Wildman–Crippen MR) is 122 cm³/mol. The molecule has 6 heteroatoms. The Morgan fingerprint density at radius 2 is 1.84 bits per heavy atom. The first kappa shape index (κ1) is 19.5. The molecule has 5 aromatic rings. The molecule has 0 saturated heterocycles. The van der Waals surface area contributed by atoms with Crippen LogP contribution in [-0.4, -0.2) is 9.38 Å². The summed E-state index contributed by atoms with van der Waals surface area (Å²) in [6.45, 7) is 4.24. The highest BCUT2D eigenvalue weighted by molar-refractivity contribution is 7.15. The van der Waals surface area contributed by atoms with E-state index in [4.69, 9.17) is 4.74 Å². The number of aromatic nitrogens is 2. The fraction of sp³-hybridized carbons (Fsp3) is 0.120. The Morgan fingerprint density at radius 3 is 2.61 bits per heavy atom. The van der Waals surface area contributed by atoms with Crippen molar-refractivity contribution < 1.29 is 9.13 Å². The van der Waals surface area contributed by atoms with Crippen LogP contribution in [0.5, 0.6) is 5.75 Å². The van der Waals surface area contributed by atoms with Crippen LogP contribution in [0, 0.1) is 19.7 Å². The Hall–Kier alpha value is -3.51. The average molecular weight is 431 g/mol. The molecule has 4 nitrogen and oxygen atoms in total. The van der Waals surface area contributed by atoms with Gasteiger partial charge in [0.1, 0.15) is 18.2 Å². The number of benzene rings is 3. The average Bonchev–Trinajstić information content (AvgIpc) is 3.28. The van der Waals surface area contributed by atoms with Crippen LogP contribution in [0.1, 0.15) is 22.3 Å². The van der Waals surface area contributed by atoms with E-state index in [1.54, 1.807) is 22.6 Å². The fourth-order valence-corrected chi connectivity index (χ4v) is 4.53. The van der Waals surface area contributed by atoms with Crippen LogP contribution in [0.2, 0.25) is 0 Å². The molecule has 0 unspecified atom stereocenters. The number of hydrogen-bond acceptors (Lipinski definition) is 4. The first-order valence-electron chi connectivity index (χ1n) is 9.90. The van der Waals surface area contributed by atoms with Crippen LogP contribution in [0.15, 0.2) is 65.5 Å². The minimum Gasteiger partial charge on any atom is -0.489 e. The number of aryl methyl sites for hydroxylation is 2. The lowest BCUT2D eigenvalue weighted by Gasteiger charge is -2.07. The molecule has 0 radical (unpaired) electrons. The third-order valence-corrected chi connectivity index (χ3v) is 6.43. The van der Waals surface area contributed by atoms with Crippen molar-refractivity contribution in [2.45, 2.75) is 20.5 Å². The molecule has 5 rings (SSSR count). The van der Waals surface area contributed by atoms with E-state index in [1.807, 2.05) is 56.3 Å². The van der Waals surface area contributed by atoms with Gasteiger partial charge in [-0.25, -0.2) is 13.8 Å². The second kappa shape index (κ2) is 7.63. The van der Waals surface area contributed by atoms with E-state index in [9.17, 15) is 9.18 Å². The zero-order valence-corrected chi connectivity index (χ0v) is 17.9. The van der Waals surface area contributed by atoms with Gasteiger partial charge in [0.25, 0.3) is 5.56 Å². The van der Waals surface area contributed by atoms with E-state index in [0.29, 0.717) is 20.8 Å². The quantitative estimate of drug-likeness (QED) is 0.412. The molecular weight excluding hydrogens is 411 g/mol. The van der Waals surface area contributed by atoms with E-state index < -0.39 is 0 Å². The maximum absolute atomic E-state index is 13.7. The van der Waals surface area contributed by atoms with Gasteiger partial charge in [-0.3, -0.25) is 4.79 Å². The standard InChI is InChI=1S/C25H19FN2O2S/c1-15-7-12-21-23(16(15)2)27-25-28(21)24(29)22(31-25)13-17-8-10-19(11-9-17)30-14-18-5-3-4-6-20(18)26/h3-13H,14H2,1-2H3. The van der Waals surface area contributed by atoms with Crippen molar-refractivity contribution in [1.82, 2.24) is 9.38 Å². The summed E-state index contributed by atoms with van der Waals surface area (Å²) in [6.07, 6.45) is 1.86. The third kappa shape index (κ3) is 3.49. The van der Waals surface area contributed by atoms with Crippen LogP contribution < -0.4 is 14.8 Å². The number of ether oxygens (including phenoxy) is 1. The van der Waals surface area contributed by atoms with E-state index in [-0.39, 0.29) is 18.0 Å². The first-order chi connectivity index (χ1) is 15.0. The summed E-state index contributed by atoms with van der Waals surface area (Å²) in [6, 6.07) is 17.9. The first-order valence-corrected chi connectivity index (χ1v) is 10.7. The largest absolute Gasteiger partial charge is 0.489 e. The number of thiazole rings is 1. The van der Waals surface area contributed by atoms with Gasteiger partial charge < -0.3 is 4.74 Å². The second-order valence-corrected chi connectivity index (χ2v) is 8.48. The van der Waals surface area contributed by atoms with Gasteiger partial charge in [0.2, 0.25) is 0 Å². The van der Waals surface area contributed by atoms with Crippen LogP contribution >= 0.6 is 11.3 Å². The van der Waals surface area contributed by atoms with Gasteiger partial charge in [0.15, 0.2) is 4.96 Å². The lowest BCUT2D eigenvalue weighted by Crippen LogP contribution is -2.22. The molecule has 0 spiro atoms. The highest BCUT2D eigenvalue weighted by Crippen LogP contribution is 2.22. The summed E-state index contributed by atoms with van der Waals surface area (Å²) in [5.74, 6) is 0.358. The lowest BCUT2D eigenvalue weighted by atomic mass is 10.1. The SMILES string of the molecule is Cc1ccc2c(nc3sc(=Cc4ccc(OCc5ccccc5F)cc4)c(=O)n32)c1C. The van der Waals surface area contributed by atoms with Crippen molar-refractivity contribution in [1.29, 1.82) is 0 Å². The number of rotatable bonds is 4. The molecule has 2 aromatic heterocycles. The Balaban J connectivity index is 1.44. The van der Waals surface area contributed by atoms with E-state index in [1.165, 1.54) is 17.4 Å². The molecule has 3 aromatic carbocycles. The third-order valence-electron chi connectivity index (χ3n) is 5.47. The zero-order valence-electron chi connectivity index (χ0n) is 17.1. The lowest BCUT2D eigenvalue weighted by molar-refractivity contribution is 0.300. The highest BCUT2D eigenvalue weighted by Gasteiger charge is 2.13. The summed E-state index contributed by atoms with van der Waals surface area (Å²) in [4.78, 5) is 18.4. The van der Waals surface area contributed by atoms with E-state index >= 15 is 0 Å². The second-order valence-electron chi connectivity index (χ2n) is 7.47. The Labute approximate surface area is 181 Å². The van der Waals surface area contributed by atoms with Gasteiger partial charge in [0.05, 0.1) is 15.6 Å². The van der Waals surface area contributed by atoms with Crippen molar-refractivity contribution in [2.75, 3.05) is 0 Å². The molecule has 0 amide bonds. The van der Waals surface area contributed by atoms with Crippen LogP contribution in [-0.2, 0) is 6.61 Å². The molecule has 0 bridgehead atoms. The van der Waals surface area contributed by atoms with Gasteiger partial charge in [-0.05, 0) is 60.9 Å². The summed E-state index contributed by atoms with van der Waals surface area (Å²) in [7, 11) is 0. The number of nitrogens with zero attached hydrogens (tertiary/aromatic N) is 2. The predicted octanol–water partition coefficient (Wildman–Crippen LogP) is 4.79. The summed E-state index contributed by atoms with van der Waals surface area (Å²) < 4.78 is 21.7. The molecular formula is C25H19FN2O2S. The van der Waals surface area contributed by atoms with Crippen molar-refractivity contribution >= 4 is 33.4 Å². The monoisotopic (exact) mass is 430 g/mol. The van der Waals surface area contributed by atoms with Gasteiger partial charge in [-0.15, -0.1) is 0 Å². The Morgan fingerprint density at radius 1 is 1.06 bits per heavy atom. The van der Waals surface area contributed by atoms with Crippen LogP contribution in [0.3, 0.4) is 0 Å². The molecule has 0 aliphatic carbocycles. The normalized spacial score (nSPS) is 12.2. The molecule has 0 saturated carbocycles. The molecule has 0 atom stereocenters.